The van der Waals surface area contributed by atoms with Gasteiger partial charge in [0.25, 0.3) is 0 Å². The number of pyridine rings is 1. The van der Waals surface area contributed by atoms with Crippen molar-refractivity contribution in [3.05, 3.63) is 96.7 Å². The van der Waals surface area contributed by atoms with E-state index in [1.165, 1.54) is 16.3 Å². The third kappa shape index (κ3) is 4.95. The van der Waals surface area contributed by atoms with Gasteiger partial charge in [-0.2, -0.15) is 0 Å². The molecule has 0 unspecified atom stereocenters. The van der Waals surface area contributed by atoms with Crippen LogP contribution in [0, 0.1) is 0 Å². The number of aromatic nitrogens is 2. The number of aliphatic carboxylic acids is 1. The molecule has 0 fully saturated rings. The first-order valence-corrected chi connectivity index (χ1v) is 12.1. The molecule has 0 bridgehead atoms. The van der Waals surface area contributed by atoms with Crippen LogP contribution in [0.5, 0.6) is 5.75 Å². The van der Waals surface area contributed by atoms with E-state index in [9.17, 15) is 9.90 Å². The largest absolute Gasteiger partial charge is 0.492 e. The van der Waals surface area contributed by atoms with E-state index < -0.39 is 12.1 Å². The third-order valence-electron chi connectivity index (χ3n) is 6.30. The summed E-state index contributed by atoms with van der Waals surface area (Å²) in [6.45, 7) is 3.36. The fraction of sp³-hybridized carbons (Fsp3) is 0.200. The first-order valence-electron chi connectivity index (χ1n) is 12.1. The number of carboxylic acids is 1. The molecule has 0 aliphatic heterocycles. The monoisotopic (exact) mass is 480 g/mol. The van der Waals surface area contributed by atoms with Gasteiger partial charge in [-0.1, -0.05) is 42.5 Å². The number of hydrogen-bond acceptors (Lipinski definition) is 4. The number of benzene rings is 3. The van der Waals surface area contributed by atoms with Crippen LogP contribution in [0.25, 0.3) is 33.1 Å². The molecular weight excluding hydrogens is 452 g/mol. The number of rotatable bonds is 10. The Hall–Kier alpha value is -4.16. The molecule has 3 aromatic carbocycles. The van der Waals surface area contributed by atoms with Crippen LogP contribution in [-0.4, -0.2) is 39.9 Å². The van der Waals surface area contributed by atoms with Crippen molar-refractivity contribution in [2.24, 2.45) is 0 Å². The molecule has 36 heavy (non-hydrogen) atoms. The second-order valence-corrected chi connectivity index (χ2v) is 8.59. The number of carbonyl (C=O) groups is 1. The van der Waals surface area contributed by atoms with Crippen LogP contribution < -0.4 is 4.74 Å². The molecule has 0 spiro atoms. The van der Waals surface area contributed by atoms with Gasteiger partial charge in [0.05, 0.1) is 12.2 Å². The molecule has 5 rings (SSSR count). The number of ether oxygens (including phenoxy) is 2. The summed E-state index contributed by atoms with van der Waals surface area (Å²) < 4.78 is 13.6. The smallest absolute Gasteiger partial charge is 0.333 e. The van der Waals surface area contributed by atoms with Gasteiger partial charge in [-0.05, 0) is 55.0 Å². The van der Waals surface area contributed by atoms with Crippen LogP contribution in [0.4, 0.5) is 0 Å². The predicted molar refractivity (Wildman–Crippen MR) is 141 cm³/mol. The number of hydrogen-bond donors (Lipinski definition) is 1. The quantitative estimate of drug-likeness (QED) is 0.267. The van der Waals surface area contributed by atoms with Gasteiger partial charge in [0.2, 0.25) is 0 Å². The molecule has 0 amide bonds. The standard InChI is InChI=1S/C30H28N2O4/c1-2-35-29(30(33)34)19-21-10-13-23(14-11-21)36-18-17-32-27-9-4-3-7-24(27)25-20-22(12-15-28(25)32)26-8-5-6-16-31-26/h3-16,20,29H,2,17-19H2,1H3,(H,33,34)/t29-/m0/s1. The van der Waals surface area contributed by atoms with Gasteiger partial charge >= 0.3 is 5.97 Å². The van der Waals surface area contributed by atoms with Gasteiger partial charge in [0.15, 0.2) is 6.10 Å². The Bertz CT molecular complexity index is 1480. The second kappa shape index (κ2) is 10.6. The Balaban J connectivity index is 1.32. The highest BCUT2D eigenvalue weighted by Crippen LogP contribution is 2.32. The fourth-order valence-electron chi connectivity index (χ4n) is 4.60. The maximum Gasteiger partial charge on any atom is 0.333 e. The molecule has 6 heteroatoms. The van der Waals surface area contributed by atoms with Gasteiger partial charge in [0, 0.05) is 46.6 Å². The van der Waals surface area contributed by atoms with E-state index in [0.717, 1.165) is 28.1 Å². The molecular formula is C30H28N2O4. The zero-order valence-electron chi connectivity index (χ0n) is 20.1. The van der Waals surface area contributed by atoms with Crippen molar-refractivity contribution in [1.82, 2.24) is 9.55 Å². The lowest BCUT2D eigenvalue weighted by Gasteiger charge is -2.13. The zero-order chi connectivity index (χ0) is 24.9. The molecule has 0 radical (unpaired) electrons. The minimum Gasteiger partial charge on any atom is -0.492 e. The summed E-state index contributed by atoms with van der Waals surface area (Å²) in [4.78, 5) is 15.8. The minimum absolute atomic E-state index is 0.325. The van der Waals surface area contributed by atoms with Crippen molar-refractivity contribution in [1.29, 1.82) is 0 Å². The number of carboxylic acid groups (broad SMARTS) is 1. The Kier molecular flexibility index (Phi) is 6.96. The average Bonchev–Trinajstić information content (AvgIpc) is 3.23. The maximum absolute atomic E-state index is 11.3. The molecule has 1 atom stereocenters. The van der Waals surface area contributed by atoms with E-state index in [1.807, 2.05) is 48.7 Å². The summed E-state index contributed by atoms with van der Waals surface area (Å²) in [5, 5.41) is 11.7. The van der Waals surface area contributed by atoms with E-state index >= 15 is 0 Å². The minimum atomic E-state index is -0.949. The van der Waals surface area contributed by atoms with Crippen molar-refractivity contribution < 1.29 is 19.4 Å². The lowest BCUT2D eigenvalue weighted by Crippen LogP contribution is -2.26. The topological polar surface area (TPSA) is 73.6 Å². The molecule has 6 nitrogen and oxygen atoms in total. The third-order valence-corrected chi connectivity index (χ3v) is 6.30. The molecule has 0 saturated carbocycles. The lowest BCUT2D eigenvalue weighted by molar-refractivity contribution is -0.149. The van der Waals surface area contributed by atoms with Gasteiger partial charge in [-0.3, -0.25) is 4.98 Å². The molecule has 0 saturated heterocycles. The van der Waals surface area contributed by atoms with Crippen LogP contribution in [0.15, 0.2) is 91.1 Å². The molecule has 5 aromatic rings. The highest BCUT2D eigenvalue weighted by molar-refractivity contribution is 6.09. The first-order chi connectivity index (χ1) is 17.6. The van der Waals surface area contributed by atoms with Crippen molar-refractivity contribution in [2.75, 3.05) is 13.2 Å². The SMILES string of the molecule is CCO[C@@H](Cc1ccc(OCCn2c3ccccc3c3cc(-c4ccccn4)ccc32)cc1)C(=O)O. The Labute approximate surface area is 209 Å². The Morgan fingerprint density at radius 2 is 1.72 bits per heavy atom. The van der Waals surface area contributed by atoms with Crippen LogP contribution in [0.2, 0.25) is 0 Å². The molecule has 0 aliphatic rings. The van der Waals surface area contributed by atoms with Gasteiger partial charge in [-0.15, -0.1) is 0 Å². The number of para-hydroxylation sites is 1. The summed E-state index contributed by atoms with van der Waals surface area (Å²) in [5.41, 5.74) is 5.27. The van der Waals surface area contributed by atoms with E-state index in [0.29, 0.717) is 26.2 Å². The number of fused-ring (bicyclic) bond motifs is 3. The van der Waals surface area contributed by atoms with Crippen LogP contribution in [0.1, 0.15) is 12.5 Å². The Morgan fingerprint density at radius 1 is 0.944 bits per heavy atom. The molecule has 2 aromatic heterocycles. The van der Waals surface area contributed by atoms with Crippen LogP contribution in [-0.2, 0) is 22.5 Å². The van der Waals surface area contributed by atoms with Gasteiger partial charge < -0.3 is 19.1 Å². The molecule has 0 aliphatic carbocycles. The van der Waals surface area contributed by atoms with Crippen molar-refractivity contribution >= 4 is 27.8 Å². The zero-order valence-corrected chi connectivity index (χ0v) is 20.1. The summed E-state index contributed by atoms with van der Waals surface area (Å²) >= 11 is 0. The first kappa shape index (κ1) is 23.6. The van der Waals surface area contributed by atoms with Crippen molar-refractivity contribution in [3.63, 3.8) is 0 Å². The summed E-state index contributed by atoms with van der Waals surface area (Å²) in [6.07, 6.45) is 1.30. The maximum atomic E-state index is 11.3. The fourth-order valence-corrected chi connectivity index (χ4v) is 4.60. The average molecular weight is 481 g/mol. The summed E-state index contributed by atoms with van der Waals surface area (Å²) in [5.74, 6) is -0.198. The highest BCUT2D eigenvalue weighted by atomic mass is 16.5. The Morgan fingerprint density at radius 3 is 2.47 bits per heavy atom. The predicted octanol–water partition coefficient (Wildman–Crippen LogP) is 5.97. The van der Waals surface area contributed by atoms with E-state index in [4.69, 9.17) is 9.47 Å². The second-order valence-electron chi connectivity index (χ2n) is 8.59. The van der Waals surface area contributed by atoms with E-state index in [2.05, 4.69) is 52.0 Å². The summed E-state index contributed by atoms with van der Waals surface area (Å²) in [7, 11) is 0. The van der Waals surface area contributed by atoms with E-state index in [-0.39, 0.29) is 0 Å². The number of nitrogens with zero attached hydrogens (tertiary/aromatic N) is 2. The van der Waals surface area contributed by atoms with E-state index in [1.54, 1.807) is 6.92 Å². The molecule has 2 heterocycles. The van der Waals surface area contributed by atoms with Crippen molar-refractivity contribution in [2.45, 2.75) is 26.0 Å². The van der Waals surface area contributed by atoms with Crippen molar-refractivity contribution in [3.8, 4) is 17.0 Å². The van der Waals surface area contributed by atoms with Crippen LogP contribution in [0.3, 0.4) is 0 Å². The lowest BCUT2D eigenvalue weighted by atomic mass is 10.1. The molecule has 182 valence electrons. The normalized spacial score (nSPS) is 12.1. The highest BCUT2D eigenvalue weighted by Gasteiger charge is 2.18. The molecule has 1 N–H and O–H groups in total. The van der Waals surface area contributed by atoms with Gasteiger partial charge in [0.1, 0.15) is 12.4 Å². The van der Waals surface area contributed by atoms with Crippen LogP contribution >= 0.6 is 0 Å². The van der Waals surface area contributed by atoms with Gasteiger partial charge in [-0.25, -0.2) is 4.79 Å². The summed E-state index contributed by atoms with van der Waals surface area (Å²) in [6, 6.07) is 28.4.